The van der Waals surface area contributed by atoms with Gasteiger partial charge in [-0.3, -0.25) is 4.79 Å². The fourth-order valence-corrected chi connectivity index (χ4v) is 3.35. The molecule has 1 aromatic carbocycles. The van der Waals surface area contributed by atoms with E-state index >= 15 is 0 Å². The first-order chi connectivity index (χ1) is 9.15. The largest absolute Gasteiger partial charge is 0.486 e. The Balaban J connectivity index is 2.12. The van der Waals surface area contributed by atoms with E-state index in [1.165, 1.54) is 0 Å². The summed E-state index contributed by atoms with van der Waals surface area (Å²) in [7, 11) is 0. The summed E-state index contributed by atoms with van der Waals surface area (Å²) in [5, 5.41) is 9.67. The van der Waals surface area contributed by atoms with Gasteiger partial charge in [0.2, 0.25) is 0 Å². The zero-order valence-electron chi connectivity index (χ0n) is 11.1. The smallest absolute Gasteiger partial charge is 0.314 e. The van der Waals surface area contributed by atoms with Gasteiger partial charge in [0.25, 0.3) is 0 Å². The molecule has 0 radical (unpaired) electrons. The Hall–Kier alpha value is -1.71. The molecule has 0 aromatic heterocycles. The summed E-state index contributed by atoms with van der Waals surface area (Å²) in [4.78, 5) is 11.8. The van der Waals surface area contributed by atoms with Crippen LogP contribution in [0.25, 0.3) is 0 Å². The molecule has 0 spiro atoms. The van der Waals surface area contributed by atoms with Crippen molar-refractivity contribution in [1.82, 2.24) is 0 Å². The molecule has 1 aliphatic carbocycles. The van der Waals surface area contributed by atoms with Gasteiger partial charge in [-0.2, -0.15) is 0 Å². The van der Waals surface area contributed by atoms with E-state index in [9.17, 15) is 9.90 Å². The molecule has 1 N–H and O–H groups in total. The highest BCUT2D eigenvalue weighted by molar-refractivity contribution is 5.83. The van der Waals surface area contributed by atoms with Crippen LogP contribution in [-0.4, -0.2) is 24.3 Å². The minimum absolute atomic E-state index is 0.525. The number of benzene rings is 1. The Morgan fingerprint density at radius 1 is 1.21 bits per heavy atom. The van der Waals surface area contributed by atoms with Gasteiger partial charge >= 0.3 is 5.97 Å². The highest BCUT2D eigenvalue weighted by atomic mass is 16.6. The van der Waals surface area contributed by atoms with Crippen molar-refractivity contribution >= 4 is 5.97 Å². The molecule has 0 saturated heterocycles. The predicted molar refractivity (Wildman–Crippen MR) is 70.0 cm³/mol. The summed E-state index contributed by atoms with van der Waals surface area (Å²) in [6.07, 6.45) is 3.37. The molecule has 3 rings (SSSR count). The van der Waals surface area contributed by atoms with Crippen LogP contribution in [0.15, 0.2) is 12.1 Å². The van der Waals surface area contributed by atoms with Crippen molar-refractivity contribution in [2.45, 2.75) is 38.0 Å². The van der Waals surface area contributed by atoms with Crippen molar-refractivity contribution < 1.29 is 19.4 Å². The van der Waals surface area contributed by atoms with Crippen LogP contribution in [0.1, 0.15) is 36.8 Å². The molecule has 0 bridgehead atoms. The number of hydrogen-bond donors (Lipinski definition) is 1. The van der Waals surface area contributed by atoms with E-state index in [1.807, 2.05) is 19.1 Å². The van der Waals surface area contributed by atoms with Crippen molar-refractivity contribution in [3.63, 3.8) is 0 Å². The summed E-state index contributed by atoms with van der Waals surface area (Å²) < 4.78 is 11.2. The first kappa shape index (κ1) is 12.3. The second-order valence-corrected chi connectivity index (χ2v) is 5.36. The molecule has 0 unspecified atom stereocenters. The Morgan fingerprint density at radius 2 is 1.89 bits per heavy atom. The Morgan fingerprint density at radius 3 is 2.58 bits per heavy atom. The molecule has 0 atom stereocenters. The Bertz CT molecular complexity index is 515. The topological polar surface area (TPSA) is 55.8 Å². The standard InChI is InChI=1S/C15H18O4/c1-10-11(15(14(16)17)6-2-3-7-15)4-5-12-13(10)19-9-8-18-12/h4-5H,2-3,6-9H2,1H3,(H,16,17). The third-order valence-corrected chi connectivity index (χ3v) is 4.34. The number of aliphatic carboxylic acids is 1. The summed E-state index contributed by atoms with van der Waals surface area (Å²) >= 11 is 0. The third kappa shape index (κ3) is 1.78. The minimum Gasteiger partial charge on any atom is -0.486 e. The Kier molecular flexibility index (Phi) is 2.88. The van der Waals surface area contributed by atoms with Gasteiger partial charge in [-0.15, -0.1) is 0 Å². The van der Waals surface area contributed by atoms with Gasteiger partial charge in [0.05, 0.1) is 5.41 Å². The first-order valence-corrected chi connectivity index (χ1v) is 6.78. The molecule has 1 aromatic rings. The van der Waals surface area contributed by atoms with Crippen LogP contribution in [0.4, 0.5) is 0 Å². The predicted octanol–water partition coefficient (Wildman–Crippen LogP) is 2.66. The number of carbonyl (C=O) groups is 1. The van der Waals surface area contributed by atoms with E-state index in [-0.39, 0.29) is 0 Å². The third-order valence-electron chi connectivity index (χ3n) is 4.34. The normalized spacial score (nSPS) is 20.3. The monoisotopic (exact) mass is 262 g/mol. The van der Waals surface area contributed by atoms with E-state index in [0.29, 0.717) is 26.1 Å². The summed E-state index contributed by atoms with van der Waals surface area (Å²) in [5.41, 5.74) is 1.07. The summed E-state index contributed by atoms with van der Waals surface area (Å²) in [5.74, 6) is 0.729. The zero-order valence-corrected chi connectivity index (χ0v) is 11.1. The Labute approximate surface area is 112 Å². The second kappa shape index (κ2) is 4.44. The van der Waals surface area contributed by atoms with Gasteiger partial charge < -0.3 is 14.6 Å². The molecule has 19 heavy (non-hydrogen) atoms. The van der Waals surface area contributed by atoms with E-state index in [2.05, 4.69) is 0 Å². The van der Waals surface area contributed by atoms with Crippen LogP contribution < -0.4 is 9.47 Å². The summed E-state index contributed by atoms with van der Waals surface area (Å²) in [6.45, 7) is 3.01. The van der Waals surface area contributed by atoms with Crippen LogP contribution in [0.2, 0.25) is 0 Å². The maximum absolute atomic E-state index is 11.8. The van der Waals surface area contributed by atoms with Gasteiger partial charge in [-0.25, -0.2) is 0 Å². The number of ether oxygens (including phenoxy) is 2. The fraction of sp³-hybridized carbons (Fsp3) is 0.533. The van der Waals surface area contributed by atoms with Crippen molar-refractivity contribution in [1.29, 1.82) is 0 Å². The highest BCUT2D eigenvalue weighted by Gasteiger charge is 2.44. The van der Waals surface area contributed by atoms with Gasteiger partial charge in [0.15, 0.2) is 11.5 Å². The van der Waals surface area contributed by atoms with Crippen molar-refractivity contribution in [2.24, 2.45) is 0 Å². The second-order valence-electron chi connectivity index (χ2n) is 5.36. The molecule has 0 amide bonds. The molecule has 1 saturated carbocycles. The SMILES string of the molecule is Cc1c(C2(C(=O)O)CCCC2)ccc2c1OCCO2. The van der Waals surface area contributed by atoms with Crippen LogP contribution in [0, 0.1) is 6.92 Å². The van der Waals surface area contributed by atoms with Gasteiger partial charge in [-0.1, -0.05) is 18.9 Å². The molecular formula is C15H18O4. The van der Waals surface area contributed by atoms with Crippen LogP contribution in [0.5, 0.6) is 11.5 Å². The quantitative estimate of drug-likeness (QED) is 0.890. The summed E-state index contributed by atoms with van der Waals surface area (Å²) in [6, 6.07) is 3.75. The van der Waals surface area contributed by atoms with E-state index < -0.39 is 11.4 Å². The lowest BCUT2D eigenvalue weighted by Gasteiger charge is -2.29. The van der Waals surface area contributed by atoms with Crippen LogP contribution in [0.3, 0.4) is 0 Å². The van der Waals surface area contributed by atoms with Crippen molar-refractivity contribution in [2.75, 3.05) is 13.2 Å². The van der Waals surface area contributed by atoms with Gasteiger partial charge in [-0.05, 0) is 37.0 Å². The number of fused-ring (bicyclic) bond motifs is 1. The molecule has 4 heteroatoms. The lowest BCUT2D eigenvalue weighted by Crippen LogP contribution is -2.33. The van der Waals surface area contributed by atoms with E-state index in [0.717, 1.165) is 35.5 Å². The highest BCUT2D eigenvalue weighted by Crippen LogP contribution is 2.46. The number of carboxylic acids is 1. The van der Waals surface area contributed by atoms with Crippen LogP contribution >= 0.6 is 0 Å². The zero-order chi connectivity index (χ0) is 13.5. The molecule has 2 aliphatic rings. The molecule has 1 heterocycles. The number of hydrogen-bond acceptors (Lipinski definition) is 3. The molecule has 1 aliphatic heterocycles. The maximum Gasteiger partial charge on any atom is 0.314 e. The molecular weight excluding hydrogens is 244 g/mol. The lowest BCUT2D eigenvalue weighted by atomic mass is 9.76. The average Bonchev–Trinajstić information content (AvgIpc) is 2.90. The van der Waals surface area contributed by atoms with Gasteiger partial charge in [0, 0.05) is 0 Å². The van der Waals surface area contributed by atoms with Crippen molar-refractivity contribution in [3.8, 4) is 11.5 Å². The first-order valence-electron chi connectivity index (χ1n) is 6.78. The minimum atomic E-state index is -0.736. The fourth-order valence-electron chi connectivity index (χ4n) is 3.35. The molecule has 102 valence electrons. The average molecular weight is 262 g/mol. The molecule has 4 nitrogen and oxygen atoms in total. The number of rotatable bonds is 2. The maximum atomic E-state index is 11.8. The number of carboxylic acid groups (broad SMARTS) is 1. The van der Waals surface area contributed by atoms with E-state index in [4.69, 9.17) is 9.47 Å². The lowest BCUT2D eigenvalue weighted by molar-refractivity contribution is -0.143. The van der Waals surface area contributed by atoms with Crippen molar-refractivity contribution in [3.05, 3.63) is 23.3 Å². The van der Waals surface area contributed by atoms with Gasteiger partial charge in [0.1, 0.15) is 13.2 Å². The molecule has 1 fully saturated rings. The van der Waals surface area contributed by atoms with E-state index in [1.54, 1.807) is 0 Å². The van der Waals surface area contributed by atoms with Crippen LogP contribution in [-0.2, 0) is 10.2 Å².